The van der Waals surface area contributed by atoms with Crippen LogP contribution in [-0.4, -0.2) is 6.61 Å². The van der Waals surface area contributed by atoms with E-state index < -0.39 is 0 Å². The first-order chi connectivity index (χ1) is 9.83. The first kappa shape index (κ1) is 12.4. The summed E-state index contributed by atoms with van der Waals surface area (Å²) in [5.41, 5.74) is 3.84. The fourth-order valence-electron chi connectivity index (χ4n) is 3.45. The highest BCUT2D eigenvalue weighted by atomic mass is 79.9. The number of ether oxygens (including phenoxy) is 1. The summed E-state index contributed by atoms with van der Waals surface area (Å²) in [5.74, 6) is 0.513. The number of hydrogen-bond acceptors (Lipinski definition) is 2. The second-order valence-electron chi connectivity index (χ2n) is 5.51. The summed E-state index contributed by atoms with van der Waals surface area (Å²) < 4.78 is 7.14. The van der Waals surface area contributed by atoms with E-state index >= 15 is 0 Å². The van der Waals surface area contributed by atoms with E-state index in [0.717, 1.165) is 17.5 Å². The van der Waals surface area contributed by atoms with Crippen LogP contribution < -0.4 is 5.32 Å². The van der Waals surface area contributed by atoms with Crippen molar-refractivity contribution in [1.29, 1.82) is 0 Å². The van der Waals surface area contributed by atoms with Crippen molar-refractivity contribution in [3.63, 3.8) is 0 Å². The van der Waals surface area contributed by atoms with Gasteiger partial charge in [0, 0.05) is 28.2 Å². The van der Waals surface area contributed by atoms with E-state index in [9.17, 15) is 0 Å². The molecule has 2 aromatic rings. The van der Waals surface area contributed by atoms with Crippen LogP contribution in [0.15, 0.2) is 53.0 Å². The van der Waals surface area contributed by atoms with E-state index in [1.807, 2.05) is 0 Å². The number of benzene rings is 2. The molecule has 0 saturated carbocycles. The first-order valence-electron chi connectivity index (χ1n) is 7.05. The zero-order valence-electron chi connectivity index (χ0n) is 11.1. The average Bonchev–Trinajstić information content (AvgIpc) is 2.96. The third-order valence-corrected chi connectivity index (χ3v) is 4.84. The van der Waals surface area contributed by atoms with Crippen molar-refractivity contribution in [2.45, 2.75) is 18.6 Å². The summed E-state index contributed by atoms with van der Waals surface area (Å²) >= 11 is 3.57. The van der Waals surface area contributed by atoms with Gasteiger partial charge in [-0.05, 0) is 30.2 Å². The molecule has 3 atom stereocenters. The smallest absolute Gasteiger partial charge is 0.0896 e. The molecule has 0 radical (unpaired) electrons. The van der Waals surface area contributed by atoms with Gasteiger partial charge in [0.15, 0.2) is 0 Å². The lowest BCUT2D eigenvalue weighted by Crippen LogP contribution is -2.29. The van der Waals surface area contributed by atoms with Gasteiger partial charge in [0.2, 0.25) is 0 Å². The number of fused-ring (bicyclic) bond motifs is 3. The van der Waals surface area contributed by atoms with Gasteiger partial charge in [0.1, 0.15) is 0 Å². The summed E-state index contributed by atoms with van der Waals surface area (Å²) in [5, 5.41) is 3.71. The quantitative estimate of drug-likeness (QED) is 0.819. The maximum absolute atomic E-state index is 6.01. The number of rotatable bonds is 1. The molecule has 0 aromatic heterocycles. The Bertz CT molecular complexity index is 642. The lowest BCUT2D eigenvalue weighted by Gasteiger charge is -2.36. The van der Waals surface area contributed by atoms with E-state index in [1.54, 1.807) is 0 Å². The first-order valence-corrected chi connectivity index (χ1v) is 7.85. The molecule has 2 nitrogen and oxygen atoms in total. The van der Waals surface area contributed by atoms with Gasteiger partial charge in [0.05, 0.1) is 12.1 Å². The fraction of sp³-hybridized carbons (Fsp3) is 0.294. The number of para-hydroxylation sites is 1. The van der Waals surface area contributed by atoms with Crippen LogP contribution in [0.2, 0.25) is 0 Å². The predicted octanol–water partition coefficient (Wildman–Crippen LogP) is 4.69. The number of anilines is 1. The highest BCUT2D eigenvalue weighted by molar-refractivity contribution is 9.10. The van der Waals surface area contributed by atoms with Crippen molar-refractivity contribution >= 4 is 21.6 Å². The zero-order valence-corrected chi connectivity index (χ0v) is 12.6. The summed E-state index contributed by atoms with van der Waals surface area (Å²) in [4.78, 5) is 0. The molecule has 0 unspecified atom stereocenters. The Kier molecular flexibility index (Phi) is 3.04. The van der Waals surface area contributed by atoms with Gasteiger partial charge in [-0.3, -0.25) is 0 Å². The van der Waals surface area contributed by atoms with E-state index in [-0.39, 0.29) is 6.10 Å². The molecule has 2 aromatic carbocycles. The molecular formula is C17H16BrNO. The molecule has 0 spiro atoms. The lowest BCUT2D eigenvalue weighted by atomic mass is 9.81. The summed E-state index contributed by atoms with van der Waals surface area (Å²) in [6.07, 6.45) is 1.35. The Labute approximate surface area is 127 Å². The van der Waals surface area contributed by atoms with Crippen molar-refractivity contribution < 1.29 is 4.74 Å². The lowest BCUT2D eigenvalue weighted by molar-refractivity contribution is 0.0829. The van der Waals surface area contributed by atoms with E-state index in [4.69, 9.17) is 4.74 Å². The van der Waals surface area contributed by atoms with Crippen LogP contribution in [0, 0.1) is 5.92 Å². The minimum absolute atomic E-state index is 0.233. The average molecular weight is 330 g/mol. The Morgan fingerprint density at radius 2 is 2.00 bits per heavy atom. The molecule has 1 N–H and O–H groups in total. The Hall–Kier alpha value is -1.32. The molecule has 102 valence electrons. The maximum atomic E-state index is 6.01. The van der Waals surface area contributed by atoms with Crippen molar-refractivity contribution in [2.24, 2.45) is 5.92 Å². The second-order valence-corrected chi connectivity index (χ2v) is 6.42. The van der Waals surface area contributed by atoms with Crippen molar-refractivity contribution in [3.8, 4) is 0 Å². The van der Waals surface area contributed by atoms with Crippen LogP contribution in [0.25, 0.3) is 0 Å². The summed E-state index contributed by atoms with van der Waals surface area (Å²) in [6, 6.07) is 17.4. The van der Waals surface area contributed by atoms with Crippen molar-refractivity contribution in [3.05, 3.63) is 64.1 Å². The largest absolute Gasteiger partial charge is 0.378 e. The van der Waals surface area contributed by atoms with Crippen molar-refractivity contribution in [1.82, 2.24) is 0 Å². The molecule has 2 heterocycles. The van der Waals surface area contributed by atoms with Gasteiger partial charge >= 0.3 is 0 Å². The second kappa shape index (κ2) is 4.90. The monoisotopic (exact) mass is 329 g/mol. The van der Waals surface area contributed by atoms with Crippen LogP contribution in [0.5, 0.6) is 0 Å². The number of halogens is 1. The number of nitrogens with one attached hydrogen (secondary N) is 1. The third-order valence-electron chi connectivity index (χ3n) is 4.35. The molecule has 1 fully saturated rings. The molecule has 1 saturated heterocycles. The molecule has 0 amide bonds. The maximum Gasteiger partial charge on any atom is 0.0896 e. The standard InChI is InChI=1S/C17H16BrNO/c18-12-5-3-4-11(10-12)16-14-8-9-20-17(14)13-6-1-2-7-15(13)19-16/h1-7,10,14,16-17,19H,8-9H2/t14-,16-,17+/m0/s1. The van der Waals surface area contributed by atoms with Crippen LogP contribution in [0.3, 0.4) is 0 Å². The van der Waals surface area contributed by atoms with Crippen molar-refractivity contribution in [2.75, 3.05) is 11.9 Å². The summed E-state index contributed by atoms with van der Waals surface area (Å²) in [7, 11) is 0. The predicted molar refractivity (Wildman–Crippen MR) is 83.7 cm³/mol. The molecule has 20 heavy (non-hydrogen) atoms. The highest BCUT2D eigenvalue weighted by Crippen LogP contribution is 2.49. The molecule has 3 heteroatoms. The Morgan fingerprint density at radius 3 is 2.90 bits per heavy atom. The molecule has 2 aliphatic rings. The minimum Gasteiger partial charge on any atom is -0.378 e. The Morgan fingerprint density at radius 1 is 1.10 bits per heavy atom. The van der Waals surface area contributed by atoms with Crippen LogP contribution in [0.4, 0.5) is 5.69 Å². The van der Waals surface area contributed by atoms with Gasteiger partial charge in [0.25, 0.3) is 0 Å². The van der Waals surface area contributed by atoms with Gasteiger partial charge in [-0.25, -0.2) is 0 Å². The van der Waals surface area contributed by atoms with E-state index in [0.29, 0.717) is 12.0 Å². The topological polar surface area (TPSA) is 21.3 Å². The van der Waals surface area contributed by atoms with Crippen LogP contribution >= 0.6 is 15.9 Å². The van der Waals surface area contributed by atoms with Gasteiger partial charge in [-0.2, -0.15) is 0 Å². The Balaban J connectivity index is 1.79. The van der Waals surface area contributed by atoms with Crippen LogP contribution in [-0.2, 0) is 4.74 Å². The van der Waals surface area contributed by atoms with E-state index in [1.165, 1.54) is 16.8 Å². The number of hydrogen-bond donors (Lipinski definition) is 1. The highest BCUT2D eigenvalue weighted by Gasteiger charge is 2.41. The van der Waals surface area contributed by atoms with E-state index in [2.05, 4.69) is 69.8 Å². The molecule has 0 bridgehead atoms. The fourth-order valence-corrected chi connectivity index (χ4v) is 3.87. The normalized spacial score (nSPS) is 27.6. The van der Waals surface area contributed by atoms with Crippen LogP contribution in [0.1, 0.15) is 29.7 Å². The molecule has 4 rings (SSSR count). The minimum atomic E-state index is 0.233. The zero-order chi connectivity index (χ0) is 13.5. The van der Waals surface area contributed by atoms with Gasteiger partial charge in [-0.1, -0.05) is 46.3 Å². The van der Waals surface area contributed by atoms with Gasteiger partial charge < -0.3 is 10.1 Å². The summed E-state index contributed by atoms with van der Waals surface area (Å²) in [6.45, 7) is 0.857. The molecular weight excluding hydrogens is 314 g/mol. The SMILES string of the molecule is Brc1cccc([C@@H]2Nc3ccccc3[C@H]3OCC[C@H]32)c1. The third kappa shape index (κ3) is 1.97. The molecule has 0 aliphatic carbocycles. The molecule has 2 aliphatic heterocycles. The van der Waals surface area contributed by atoms with Gasteiger partial charge in [-0.15, -0.1) is 0 Å².